The maximum Gasteiger partial charge on any atom is 0.241 e. The van der Waals surface area contributed by atoms with E-state index in [9.17, 15) is 17.6 Å². The lowest BCUT2D eigenvalue weighted by Crippen LogP contribution is -2.55. The quantitative estimate of drug-likeness (QED) is 0.543. The number of rotatable bonds is 7. The summed E-state index contributed by atoms with van der Waals surface area (Å²) in [6, 6.07) is 19.1. The van der Waals surface area contributed by atoms with Crippen LogP contribution in [-0.2, 0) is 21.2 Å². The van der Waals surface area contributed by atoms with Crippen LogP contribution in [0.3, 0.4) is 0 Å². The second kappa shape index (κ2) is 10.6. The Morgan fingerprint density at radius 1 is 0.914 bits per heavy atom. The summed E-state index contributed by atoms with van der Waals surface area (Å²) >= 11 is 0. The Kier molecular flexibility index (Phi) is 7.52. The number of anilines is 1. The van der Waals surface area contributed by atoms with E-state index in [0.717, 1.165) is 23.4 Å². The molecule has 3 aromatic carbocycles. The molecule has 1 fully saturated rings. The molecule has 6 nitrogen and oxygen atoms in total. The number of amides is 1. The third-order valence-electron chi connectivity index (χ3n) is 6.51. The van der Waals surface area contributed by atoms with Crippen molar-refractivity contribution in [2.45, 2.75) is 31.2 Å². The minimum atomic E-state index is -4.02. The molecule has 1 saturated heterocycles. The number of piperazine rings is 1. The molecule has 0 aliphatic carbocycles. The normalized spacial score (nSPS) is 15.2. The molecule has 0 aromatic heterocycles. The van der Waals surface area contributed by atoms with Gasteiger partial charge < -0.3 is 9.80 Å². The molecule has 184 valence electrons. The predicted octanol–water partition coefficient (Wildman–Crippen LogP) is 3.68. The summed E-state index contributed by atoms with van der Waals surface area (Å²) in [4.78, 5) is 17.5. The first-order valence-corrected chi connectivity index (χ1v) is 13.1. The lowest BCUT2D eigenvalue weighted by atomic mass is 10.0. The van der Waals surface area contributed by atoms with E-state index in [2.05, 4.69) is 35.6 Å². The minimum absolute atomic E-state index is 0.0792. The van der Waals surface area contributed by atoms with Crippen molar-refractivity contribution < 1.29 is 17.6 Å². The molecular weight excluding hydrogens is 465 g/mol. The summed E-state index contributed by atoms with van der Waals surface area (Å²) in [6.07, 6.45) is 0.220. The van der Waals surface area contributed by atoms with Gasteiger partial charge in [-0.3, -0.25) is 4.79 Å². The Bertz CT molecular complexity index is 1270. The Balaban J connectivity index is 1.51. The van der Waals surface area contributed by atoms with Gasteiger partial charge in [-0.2, -0.15) is 4.72 Å². The highest BCUT2D eigenvalue weighted by atomic mass is 32.2. The number of halogens is 1. The molecule has 1 N–H and O–H groups in total. The van der Waals surface area contributed by atoms with Gasteiger partial charge in [-0.15, -0.1) is 0 Å². The summed E-state index contributed by atoms with van der Waals surface area (Å²) < 4.78 is 41.9. The summed E-state index contributed by atoms with van der Waals surface area (Å²) in [7, 11) is -4.02. The smallest absolute Gasteiger partial charge is 0.241 e. The van der Waals surface area contributed by atoms with Gasteiger partial charge in [-0.25, -0.2) is 12.8 Å². The second-order valence-corrected chi connectivity index (χ2v) is 10.6. The Morgan fingerprint density at radius 2 is 1.57 bits per heavy atom. The Hall–Kier alpha value is -3.23. The number of nitrogens with one attached hydrogen (secondary N) is 1. The Labute approximate surface area is 206 Å². The standard InChI is InChI=1S/C27H30FN3O3S/c1-20-7-6-10-26(21(20)2)30-15-17-31(18-16-30)27(32)25(19-22-8-4-3-5-9-22)29-35(33,34)24-13-11-23(28)12-14-24/h3-14,25,29H,15-19H2,1-2H3/t25-/m1/s1. The van der Waals surface area contributed by atoms with Crippen molar-refractivity contribution in [3.8, 4) is 0 Å². The lowest BCUT2D eigenvalue weighted by Gasteiger charge is -2.38. The van der Waals surface area contributed by atoms with E-state index in [4.69, 9.17) is 0 Å². The number of hydrogen-bond donors (Lipinski definition) is 1. The lowest BCUT2D eigenvalue weighted by molar-refractivity contribution is -0.133. The van der Waals surface area contributed by atoms with E-state index in [1.54, 1.807) is 4.90 Å². The van der Waals surface area contributed by atoms with Crippen LogP contribution in [0.15, 0.2) is 77.7 Å². The van der Waals surface area contributed by atoms with Crippen LogP contribution in [0, 0.1) is 19.7 Å². The number of carbonyl (C=O) groups is 1. The maximum atomic E-state index is 13.6. The molecule has 0 unspecified atom stereocenters. The summed E-state index contributed by atoms with van der Waals surface area (Å²) in [5.74, 6) is -0.789. The number of benzene rings is 3. The number of hydrogen-bond acceptors (Lipinski definition) is 4. The van der Waals surface area contributed by atoms with Gasteiger partial charge in [0.05, 0.1) is 4.90 Å². The first kappa shape index (κ1) is 24.9. The van der Waals surface area contributed by atoms with Crippen molar-refractivity contribution in [2.75, 3.05) is 31.1 Å². The molecule has 1 heterocycles. The fourth-order valence-electron chi connectivity index (χ4n) is 4.36. The van der Waals surface area contributed by atoms with Crippen molar-refractivity contribution in [3.63, 3.8) is 0 Å². The van der Waals surface area contributed by atoms with E-state index in [-0.39, 0.29) is 17.2 Å². The van der Waals surface area contributed by atoms with E-state index >= 15 is 0 Å². The molecule has 1 atom stereocenters. The highest BCUT2D eigenvalue weighted by molar-refractivity contribution is 7.89. The van der Waals surface area contributed by atoms with Crippen LogP contribution in [0.5, 0.6) is 0 Å². The van der Waals surface area contributed by atoms with Gasteiger partial charge in [-0.1, -0.05) is 42.5 Å². The van der Waals surface area contributed by atoms with Gasteiger partial charge in [0.25, 0.3) is 0 Å². The molecular formula is C27H30FN3O3S. The van der Waals surface area contributed by atoms with Crippen LogP contribution in [0.2, 0.25) is 0 Å². The molecule has 4 rings (SSSR count). The Morgan fingerprint density at radius 3 is 2.23 bits per heavy atom. The topological polar surface area (TPSA) is 69.7 Å². The summed E-state index contributed by atoms with van der Waals surface area (Å²) in [5, 5.41) is 0. The van der Waals surface area contributed by atoms with E-state index < -0.39 is 21.9 Å². The van der Waals surface area contributed by atoms with Gasteiger partial charge in [0.1, 0.15) is 11.9 Å². The predicted molar refractivity (Wildman–Crippen MR) is 135 cm³/mol. The molecule has 1 aliphatic heterocycles. The van der Waals surface area contributed by atoms with Crippen molar-refractivity contribution in [1.29, 1.82) is 0 Å². The fraction of sp³-hybridized carbons (Fsp3) is 0.296. The molecule has 0 spiro atoms. The highest BCUT2D eigenvalue weighted by Crippen LogP contribution is 2.24. The number of aryl methyl sites for hydroxylation is 1. The molecule has 1 aliphatic rings. The monoisotopic (exact) mass is 495 g/mol. The van der Waals surface area contributed by atoms with Crippen LogP contribution < -0.4 is 9.62 Å². The largest absolute Gasteiger partial charge is 0.368 e. The van der Waals surface area contributed by atoms with Gasteiger partial charge >= 0.3 is 0 Å². The summed E-state index contributed by atoms with van der Waals surface area (Å²) in [5.41, 5.74) is 4.46. The third kappa shape index (κ3) is 5.89. The van der Waals surface area contributed by atoms with Crippen LogP contribution in [0.4, 0.5) is 10.1 Å². The highest BCUT2D eigenvalue weighted by Gasteiger charge is 2.31. The molecule has 1 amide bonds. The van der Waals surface area contributed by atoms with Gasteiger partial charge in [0.15, 0.2) is 0 Å². The van der Waals surface area contributed by atoms with Crippen molar-refractivity contribution in [3.05, 3.63) is 95.3 Å². The molecule has 8 heteroatoms. The van der Waals surface area contributed by atoms with Crippen molar-refractivity contribution >= 4 is 21.6 Å². The average Bonchev–Trinajstić information content (AvgIpc) is 2.86. The zero-order valence-corrected chi connectivity index (χ0v) is 20.8. The number of carbonyl (C=O) groups excluding carboxylic acids is 1. The van der Waals surface area contributed by atoms with Crippen LogP contribution >= 0.6 is 0 Å². The SMILES string of the molecule is Cc1cccc(N2CCN(C(=O)[C@@H](Cc3ccccc3)NS(=O)(=O)c3ccc(F)cc3)CC2)c1C. The zero-order valence-electron chi connectivity index (χ0n) is 19.9. The fourth-order valence-corrected chi connectivity index (χ4v) is 5.55. The van der Waals surface area contributed by atoms with Crippen LogP contribution in [-0.4, -0.2) is 51.4 Å². The molecule has 35 heavy (non-hydrogen) atoms. The minimum Gasteiger partial charge on any atom is -0.368 e. The molecule has 3 aromatic rings. The maximum absolute atomic E-state index is 13.6. The van der Waals surface area contributed by atoms with Crippen LogP contribution in [0.1, 0.15) is 16.7 Å². The van der Waals surface area contributed by atoms with Crippen LogP contribution in [0.25, 0.3) is 0 Å². The number of sulfonamides is 1. The van der Waals surface area contributed by atoms with Crippen molar-refractivity contribution in [1.82, 2.24) is 9.62 Å². The third-order valence-corrected chi connectivity index (χ3v) is 8.00. The van der Waals surface area contributed by atoms with E-state index in [1.807, 2.05) is 36.4 Å². The first-order valence-electron chi connectivity index (χ1n) is 11.7. The molecule has 0 saturated carbocycles. The van der Waals surface area contributed by atoms with Gasteiger partial charge in [-0.05, 0) is 67.3 Å². The number of nitrogens with zero attached hydrogens (tertiary/aromatic N) is 2. The van der Waals surface area contributed by atoms with E-state index in [0.29, 0.717) is 26.2 Å². The first-order chi connectivity index (χ1) is 16.7. The molecule has 0 bridgehead atoms. The second-order valence-electron chi connectivity index (χ2n) is 8.85. The van der Waals surface area contributed by atoms with Crippen molar-refractivity contribution in [2.24, 2.45) is 0 Å². The zero-order chi connectivity index (χ0) is 25.0. The average molecular weight is 496 g/mol. The van der Waals surface area contributed by atoms with E-state index in [1.165, 1.54) is 23.3 Å². The van der Waals surface area contributed by atoms with Gasteiger partial charge in [0.2, 0.25) is 15.9 Å². The van der Waals surface area contributed by atoms with Gasteiger partial charge in [0, 0.05) is 31.9 Å². The molecule has 0 radical (unpaired) electrons. The summed E-state index contributed by atoms with van der Waals surface area (Å²) in [6.45, 7) is 6.51.